The third-order valence-corrected chi connectivity index (χ3v) is 4.41. The highest BCUT2D eigenvalue weighted by molar-refractivity contribution is 5.83. The number of fused-ring (bicyclic) bond motifs is 2. The molecular weight excluding hydrogens is 328 g/mol. The van der Waals surface area contributed by atoms with E-state index in [1.165, 1.54) is 28.5 Å². The predicted molar refractivity (Wildman–Crippen MR) is 102 cm³/mol. The van der Waals surface area contributed by atoms with Crippen LogP contribution in [0.25, 0.3) is 21.8 Å². The van der Waals surface area contributed by atoms with Crippen molar-refractivity contribution in [3.8, 4) is 0 Å². The second-order valence-electron chi connectivity index (χ2n) is 6.50. The summed E-state index contributed by atoms with van der Waals surface area (Å²) in [5.41, 5.74) is 2.73. The Labute approximate surface area is 150 Å². The molecule has 0 saturated carbocycles. The van der Waals surface area contributed by atoms with E-state index in [1.54, 1.807) is 6.07 Å². The third-order valence-electron chi connectivity index (χ3n) is 4.41. The van der Waals surface area contributed by atoms with E-state index in [0.29, 0.717) is 12.1 Å². The van der Waals surface area contributed by atoms with Gasteiger partial charge in [-0.05, 0) is 35.5 Å². The Balaban J connectivity index is 1.50. The van der Waals surface area contributed by atoms with Crippen LogP contribution < -0.4 is 0 Å². The monoisotopic (exact) mass is 346 g/mol. The first kappa shape index (κ1) is 16.2. The van der Waals surface area contributed by atoms with Crippen molar-refractivity contribution in [1.29, 1.82) is 0 Å². The van der Waals surface area contributed by atoms with Crippen LogP contribution in [0.2, 0.25) is 0 Å². The highest BCUT2D eigenvalue weighted by Crippen LogP contribution is 2.20. The van der Waals surface area contributed by atoms with Crippen molar-refractivity contribution < 1.29 is 4.92 Å². The van der Waals surface area contributed by atoms with Crippen molar-refractivity contribution in [2.24, 2.45) is 0 Å². The van der Waals surface area contributed by atoms with Crippen molar-refractivity contribution >= 4 is 27.5 Å². The molecule has 4 rings (SSSR count). The molecule has 26 heavy (non-hydrogen) atoms. The van der Waals surface area contributed by atoms with Crippen LogP contribution in [0.1, 0.15) is 11.4 Å². The van der Waals surface area contributed by atoms with Gasteiger partial charge >= 0.3 is 0 Å². The number of nitrogens with zero attached hydrogens (tertiary/aromatic N) is 3. The molecular formula is C20H18N4O2. The molecule has 0 spiro atoms. The number of rotatable bonds is 5. The number of nitro groups is 1. The number of non-ortho nitro benzene ring substituents is 1. The molecule has 0 fully saturated rings. The smallest absolute Gasteiger partial charge is 0.271 e. The summed E-state index contributed by atoms with van der Waals surface area (Å²) in [7, 11) is 2.03. The molecule has 0 saturated heterocycles. The zero-order valence-corrected chi connectivity index (χ0v) is 14.3. The topological polar surface area (TPSA) is 75.1 Å². The molecule has 0 aliphatic carbocycles. The number of nitrogens with one attached hydrogen (secondary N) is 1. The molecule has 4 aromatic rings. The molecule has 0 radical (unpaired) electrons. The average Bonchev–Trinajstić information content (AvgIpc) is 3.02. The van der Waals surface area contributed by atoms with E-state index < -0.39 is 4.92 Å². The van der Waals surface area contributed by atoms with Crippen LogP contribution in [0.5, 0.6) is 0 Å². The average molecular weight is 346 g/mol. The van der Waals surface area contributed by atoms with Gasteiger partial charge in [0.25, 0.3) is 5.69 Å². The summed E-state index contributed by atoms with van der Waals surface area (Å²) in [5.74, 6) is 0.795. The van der Waals surface area contributed by atoms with Gasteiger partial charge in [0.2, 0.25) is 0 Å². The van der Waals surface area contributed by atoms with Crippen molar-refractivity contribution in [1.82, 2.24) is 14.9 Å². The second kappa shape index (κ2) is 6.57. The lowest BCUT2D eigenvalue weighted by molar-refractivity contribution is -0.384. The third kappa shape index (κ3) is 3.27. The number of hydrogen-bond acceptors (Lipinski definition) is 4. The molecule has 0 aliphatic heterocycles. The lowest BCUT2D eigenvalue weighted by atomic mass is 10.1. The normalized spacial score (nSPS) is 11.5. The maximum absolute atomic E-state index is 10.9. The lowest BCUT2D eigenvalue weighted by Gasteiger charge is -2.15. The molecule has 6 heteroatoms. The van der Waals surface area contributed by atoms with Crippen LogP contribution in [-0.4, -0.2) is 26.8 Å². The van der Waals surface area contributed by atoms with Crippen molar-refractivity contribution in [3.05, 3.63) is 82.2 Å². The first-order valence-corrected chi connectivity index (χ1v) is 8.38. The maximum Gasteiger partial charge on any atom is 0.271 e. The molecule has 1 N–H and O–H groups in total. The van der Waals surface area contributed by atoms with Gasteiger partial charge in [0.1, 0.15) is 5.82 Å². The predicted octanol–water partition coefficient (Wildman–Crippen LogP) is 4.26. The van der Waals surface area contributed by atoms with E-state index in [0.717, 1.165) is 17.9 Å². The fraction of sp³-hybridized carbons (Fsp3) is 0.150. The molecule has 1 heterocycles. The molecule has 1 aromatic heterocycles. The van der Waals surface area contributed by atoms with Crippen LogP contribution in [0.4, 0.5) is 5.69 Å². The standard InChI is InChI=1S/C20H18N4O2/c1-23(12-14-6-7-15-4-2-3-5-16(15)10-14)13-20-21-18-9-8-17(24(25)26)11-19(18)22-20/h2-11H,12-13H2,1H3,(H,21,22). The Bertz CT molecular complexity index is 1100. The second-order valence-corrected chi connectivity index (χ2v) is 6.50. The molecule has 0 amide bonds. The summed E-state index contributed by atoms with van der Waals surface area (Å²) < 4.78 is 0. The minimum atomic E-state index is -0.397. The van der Waals surface area contributed by atoms with E-state index in [1.807, 2.05) is 19.2 Å². The SMILES string of the molecule is CN(Cc1ccc2ccccc2c1)Cc1nc2ccc([N+](=O)[O-])cc2[nH]1. The van der Waals surface area contributed by atoms with E-state index in [9.17, 15) is 10.1 Å². The number of aromatic amines is 1. The molecule has 0 atom stereocenters. The zero-order valence-electron chi connectivity index (χ0n) is 14.3. The van der Waals surface area contributed by atoms with Gasteiger partial charge in [0, 0.05) is 18.7 Å². The van der Waals surface area contributed by atoms with Gasteiger partial charge in [-0.25, -0.2) is 4.98 Å². The first-order valence-electron chi connectivity index (χ1n) is 8.38. The Morgan fingerprint density at radius 2 is 1.85 bits per heavy atom. The molecule has 0 aliphatic rings. The Kier molecular flexibility index (Phi) is 4.10. The van der Waals surface area contributed by atoms with Crippen LogP contribution in [0, 0.1) is 10.1 Å². The number of imidazole rings is 1. The summed E-state index contributed by atoms with van der Waals surface area (Å²) in [6.45, 7) is 1.43. The Morgan fingerprint density at radius 1 is 1.04 bits per heavy atom. The van der Waals surface area contributed by atoms with Crippen LogP contribution in [-0.2, 0) is 13.1 Å². The largest absolute Gasteiger partial charge is 0.341 e. The fourth-order valence-electron chi connectivity index (χ4n) is 3.20. The molecule has 6 nitrogen and oxygen atoms in total. The first-order chi connectivity index (χ1) is 12.6. The van der Waals surface area contributed by atoms with Crippen molar-refractivity contribution in [2.75, 3.05) is 7.05 Å². The summed E-state index contributed by atoms with van der Waals surface area (Å²) >= 11 is 0. The van der Waals surface area contributed by atoms with Gasteiger partial charge in [-0.3, -0.25) is 15.0 Å². The lowest BCUT2D eigenvalue weighted by Crippen LogP contribution is -2.18. The van der Waals surface area contributed by atoms with Gasteiger partial charge in [0.15, 0.2) is 0 Å². The minimum Gasteiger partial charge on any atom is -0.341 e. The van der Waals surface area contributed by atoms with Crippen LogP contribution in [0.15, 0.2) is 60.7 Å². The highest BCUT2D eigenvalue weighted by Gasteiger charge is 2.11. The van der Waals surface area contributed by atoms with Gasteiger partial charge in [-0.2, -0.15) is 0 Å². The summed E-state index contributed by atoms with van der Waals surface area (Å²) in [4.78, 5) is 20.4. The number of hydrogen-bond donors (Lipinski definition) is 1. The van der Waals surface area contributed by atoms with Gasteiger partial charge in [-0.15, -0.1) is 0 Å². The number of H-pyrrole nitrogens is 1. The quantitative estimate of drug-likeness (QED) is 0.433. The number of nitro benzene ring substituents is 1. The summed E-state index contributed by atoms with van der Waals surface area (Å²) in [5, 5.41) is 13.4. The fourth-order valence-corrected chi connectivity index (χ4v) is 3.20. The van der Waals surface area contributed by atoms with Crippen LogP contribution in [0.3, 0.4) is 0 Å². The molecule has 0 bridgehead atoms. The van der Waals surface area contributed by atoms with Gasteiger partial charge < -0.3 is 4.98 Å². The van der Waals surface area contributed by atoms with Crippen LogP contribution >= 0.6 is 0 Å². The number of benzene rings is 3. The zero-order chi connectivity index (χ0) is 18.1. The Morgan fingerprint density at radius 3 is 2.65 bits per heavy atom. The van der Waals surface area contributed by atoms with E-state index >= 15 is 0 Å². The Hall–Kier alpha value is -3.25. The molecule has 3 aromatic carbocycles. The van der Waals surface area contributed by atoms with E-state index in [4.69, 9.17) is 0 Å². The van der Waals surface area contributed by atoms with Gasteiger partial charge in [0.05, 0.1) is 22.5 Å². The molecule has 130 valence electrons. The van der Waals surface area contributed by atoms with Crippen molar-refractivity contribution in [3.63, 3.8) is 0 Å². The minimum absolute atomic E-state index is 0.0669. The summed E-state index contributed by atoms with van der Waals surface area (Å²) in [6.07, 6.45) is 0. The maximum atomic E-state index is 10.9. The van der Waals surface area contributed by atoms with E-state index in [2.05, 4.69) is 45.2 Å². The van der Waals surface area contributed by atoms with Gasteiger partial charge in [-0.1, -0.05) is 36.4 Å². The number of aromatic nitrogens is 2. The van der Waals surface area contributed by atoms with E-state index in [-0.39, 0.29) is 5.69 Å². The molecule has 0 unspecified atom stereocenters. The summed E-state index contributed by atoms with van der Waals surface area (Å²) in [6, 6.07) is 19.5. The highest BCUT2D eigenvalue weighted by atomic mass is 16.6. The van der Waals surface area contributed by atoms with Crippen molar-refractivity contribution in [2.45, 2.75) is 13.1 Å².